The Hall–Kier alpha value is -1.87. The molecule has 0 spiro atoms. The Labute approximate surface area is 104 Å². The molecular formula is C13H10ClN3. The van der Waals surface area contributed by atoms with Crippen LogP contribution >= 0.6 is 11.6 Å². The van der Waals surface area contributed by atoms with Crippen LogP contribution in [0, 0.1) is 6.92 Å². The number of rotatable bonds is 1. The van der Waals surface area contributed by atoms with Crippen LogP contribution in [0.4, 0.5) is 0 Å². The lowest BCUT2D eigenvalue weighted by atomic mass is 10.2. The van der Waals surface area contributed by atoms with E-state index in [-0.39, 0.29) is 0 Å². The predicted molar refractivity (Wildman–Crippen MR) is 68.2 cm³/mol. The van der Waals surface area contributed by atoms with Crippen LogP contribution in [0.2, 0.25) is 5.02 Å². The summed E-state index contributed by atoms with van der Waals surface area (Å²) in [6, 6.07) is 11.6. The molecule has 0 saturated heterocycles. The minimum atomic E-state index is 0.692. The van der Waals surface area contributed by atoms with Crippen molar-refractivity contribution in [2.24, 2.45) is 0 Å². The first kappa shape index (κ1) is 10.3. The molecule has 0 atom stereocenters. The summed E-state index contributed by atoms with van der Waals surface area (Å²) in [5, 5.41) is 5.10. The first-order valence-corrected chi connectivity index (χ1v) is 5.69. The number of hydrogen-bond acceptors (Lipinski definition) is 2. The van der Waals surface area contributed by atoms with E-state index in [0.29, 0.717) is 10.8 Å². The van der Waals surface area contributed by atoms with Crippen molar-refractivity contribution in [2.75, 3.05) is 0 Å². The van der Waals surface area contributed by atoms with Gasteiger partial charge in [0.2, 0.25) is 0 Å². The lowest BCUT2D eigenvalue weighted by Crippen LogP contribution is -1.86. The van der Waals surface area contributed by atoms with Gasteiger partial charge in [-0.2, -0.15) is 0 Å². The fourth-order valence-electron chi connectivity index (χ4n) is 1.73. The first-order chi connectivity index (χ1) is 8.22. The number of benzene rings is 1. The van der Waals surface area contributed by atoms with Crippen LogP contribution in [0.1, 0.15) is 5.56 Å². The Balaban J connectivity index is 2.18. The highest BCUT2D eigenvalue weighted by Gasteiger charge is 2.06. The van der Waals surface area contributed by atoms with Gasteiger partial charge >= 0.3 is 0 Å². The van der Waals surface area contributed by atoms with Crippen LogP contribution in [-0.4, -0.2) is 14.6 Å². The summed E-state index contributed by atoms with van der Waals surface area (Å²) >= 11 is 5.96. The first-order valence-electron chi connectivity index (χ1n) is 5.31. The van der Waals surface area contributed by atoms with Crippen molar-refractivity contribution in [3.05, 3.63) is 53.2 Å². The van der Waals surface area contributed by atoms with Crippen LogP contribution < -0.4 is 0 Å². The lowest BCUT2D eigenvalue weighted by molar-refractivity contribution is 0.962. The van der Waals surface area contributed by atoms with E-state index in [1.54, 1.807) is 4.52 Å². The smallest absolute Gasteiger partial charge is 0.182 e. The number of fused-ring (bicyclic) bond motifs is 1. The van der Waals surface area contributed by atoms with Crippen molar-refractivity contribution in [2.45, 2.75) is 6.92 Å². The van der Waals surface area contributed by atoms with Crippen LogP contribution in [0.15, 0.2) is 42.6 Å². The van der Waals surface area contributed by atoms with Crippen LogP contribution in [-0.2, 0) is 0 Å². The summed E-state index contributed by atoms with van der Waals surface area (Å²) in [4.78, 5) is 4.48. The van der Waals surface area contributed by atoms with Crippen molar-refractivity contribution in [1.29, 1.82) is 0 Å². The number of aryl methyl sites for hydroxylation is 1. The van der Waals surface area contributed by atoms with E-state index in [0.717, 1.165) is 11.2 Å². The zero-order valence-electron chi connectivity index (χ0n) is 9.26. The maximum atomic E-state index is 5.96. The molecule has 0 N–H and O–H groups in total. The molecule has 1 aromatic carbocycles. The van der Waals surface area contributed by atoms with E-state index in [9.17, 15) is 0 Å². The largest absolute Gasteiger partial charge is 0.221 e. The number of aromatic nitrogens is 3. The Morgan fingerprint density at radius 2 is 2.06 bits per heavy atom. The van der Waals surface area contributed by atoms with E-state index in [2.05, 4.69) is 10.1 Å². The second-order valence-corrected chi connectivity index (χ2v) is 4.39. The molecule has 17 heavy (non-hydrogen) atoms. The topological polar surface area (TPSA) is 30.2 Å². The molecule has 3 aromatic rings. The van der Waals surface area contributed by atoms with E-state index < -0.39 is 0 Å². The number of pyridine rings is 1. The molecule has 4 heteroatoms. The summed E-state index contributed by atoms with van der Waals surface area (Å²) in [5.74, 6) is 0.693. The Bertz CT molecular complexity index is 688. The molecule has 3 nitrogen and oxygen atoms in total. The highest BCUT2D eigenvalue weighted by molar-refractivity contribution is 6.30. The third kappa shape index (κ3) is 1.89. The van der Waals surface area contributed by atoms with Crippen molar-refractivity contribution >= 4 is 17.2 Å². The maximum Gasteiger partial charge on any atom is 0.182 e. The van der Waals surface area contributed by atoms with Gasteiger partial charge in [0.1, 0.15) is 0 Å². The highest BCUT2D eigenvalue weighted by atomic mass is 35.5. The predicted octanol–water partition coefficient (Wildman–Crippen LogP) is 3.36. The molecule has 0 amide bonds. The molecular weight excluding hydrogens is 234 g/mol. The van der Waals surface area contributed by atoms with Gasteiger partial charge in [0, 0.05) is 16.8 Å². The Morgan fingerprint density at radius 3 is 2.88 bits per heavy atom. The maximum absolute atomic E-state index is 5.96. The summed E-state index contributed by atoms with van der Waals surface area (Å²) < 4.78 is 1.77. The third-order valence-electron chi connectivity index (χ3n) is 2.58. The van der Waals surface area contributed by atoms with Gasteiger partial charge in [0.25, 0.3) is 0 Å². The van der Waals surface area contributed by atoms with Gasteiger partial charge < -0.3 is 0 Å². The molecule has 2 heterocycles. The molecule has 0 saturated carbocycles. The minimum Gasteiger partial charge on any atom is -0.221 e. The average Bonchev–Trinajstić information content (AvgIpc) is 2.72. The summed E-state index contributed by atoms with van der Waals surface area (Å²) in [5.41, 5.74) is 2.95. The van der Waals surface area contributed by atoms with Crippen molar-refractivity contribution in [3.63, 3.8) is 0 Å². The fraction of sp³-hybridized carbons (Fsp3) is 0.0769. The second kappa shape index (κ2) is 3.86. The van der Waals surface area contributed by atoms with E-state index >= 15 is 0 Å². The van der Waals surface area contributed by atoms with Gasteiger partial charge in [-0.1, -0.05) is 23.7 Å². The summed E-state index contributed by atoms with van der Waals surface area (Å²) in [6.07, 6.45) is 1.91. The van der Waals surface area contributed by atoms with Gasteiger partial charge in [0.15, 0.2) is 11.5 Å². The average molecular weight is 244 g/mol. The van der Waals surface area contributed by atoms with Gasteiger partial charge in [-0.05, 0) is 36.8 Å². The molecule has 0 fully saturated rings. The van der Waals surface area contributed by atoms with Crippen LogP contribution in [0.3, 0.4) is 0 Å². The van der Waals surface area contributed by atoms with Crippen molar-refractivity contribution in [3.8, 4) is 11.4 Å². The van der Waals surface area contributed by atoms with Gasteiger partial charge in [-0.25, -0.2) is 9.50 Å². The minimum absolute atomic E-state index is 0.692. The number of halogens is 1. The van der Waals surface area contributed by atoms with Gasteiger partial charge in [-0.15, -0.1) is 5.10 Å². The molecule has 0 aliphatic carbocycles. The summed E-state index contributed by atoms with van der Waals surface area (Å²) in [6.45, 7) is 2.04. The lowest BCUT2D eigenvalue weighted by Gasteiger charge is -1.94. The van der Waals surface area contributed by atoms with Crippen molar-refractivity contribution < 1.29 is 0 Å². The van der Waals surface area contributed by atoms with Crippen molar-refractivity contribution in [1.82, 2.24) is 14.6 Å². The molecule has 0 radical (unpaired) electrons. The highest BCUT2D eigenvalue weighted by Crippen LogP contribution is 2.20. The van der Waals surface area contributed by atoms with E-state index in [4.69, 9.17) is 11.6 Å². The van der Waals surface area contributed by atoms with Gasteiger partial charge in [0.05, 0.1) is 0 Å². The van der Waals surface area contributed by atoms with E-state index in [1.807, 2.05) is 49.5 Å². The normalized spacial score (nSPS) is 10.9. The quantitative estimate of drug-likeness (QED) is 0.656. The summed E-state index contributed by atoms with van der Waals surface area (Å²) in [7, 11) is 0. The molecule has 84 valence electrons. The zero-order chi connectivity index (χ0) is 11.8. The molecule has 0 aliphatic rings. The molecule has 2 aromatic heterocycles. The Kier molecular flexibility index (Phi) is 2.34. The monoisotopic (exact) mass is 243 g/mol. The van der Waals surface area contributed by atoms with Crippen LogP contribution in [0.5, 0.6) is 0 Å². The third-order valence-corrected chi connectivity index (χ3v) is 2.81. The second-order valence-electron chi connectivity index (χ2n) is 3.95. The fourth-order valence-corrected chi connectivity index (χ4v) is 1.92. The number of nitrogens with zero attached hydrogens (tertiary/aromatic N) is 3. The number of hydrogen-bond donors (Lipinski definition) is 0. The molecule has 0 unspecified atom stereocenters. The Morgan fingerprint density at radius 1 is 1.18 bits per heavy atom. The molecule has 3 rings (SSSR count). The standard InChI is InChI=1S/C13H10ClN3/c1-9-5-6-17-12(7-9)15-13(16-17)10-3-2-4-11(14)8-10/h2-8H,1H3. The van der Waals surface area contributed by atoms with Gasteiger partial charge in [-0.3, -0.25) is 0 Å². The molecule has 0 bridgehead atoms. The zero-order valence-corrected chi connectivity index (χ0v) is 10.0. The van der Waals surface area contributed by atoms with E-state index in [1.165, 1.54) is 5.56 Å². The van der Waals surface area contributed by atoms with Crippen LogP contribution in [0.25, 0.3) is 17.0 Å². The SMILES string of the molecule is Cc1ccn2nc(-c3cccc(Cl)c3)nc2c1. The molecule has 0 aliphatic heterocycles.